The van der Waals surface area contributed by atoms with Crippen molar-refractivity contribution in [2.45, 2.75) is 27.0 Å². The molecule has 1 aromatic rings. The van der Waals surface area contributed by atoms with Crippen LogP contribution in [0.5, 0.6) is 5.75 Å². The van der Waals surface area contributed by atoms with E-state index in [-0.39, 0.29) is 48.6 Å². The van der Waals surface area contributed by atoms with Gasteiger partial charge in [-0.3, -0.25) is 0 Å². The largest absolute Gasteiger partial charge is 0.434 e. The van der Waals surface area contributed by atoms with Crippen molar-refractivity contribution in [3.63, 3.8) is 0 Å². The van der Waals surface area contributed by atoms with Crippen molar-refractivity contribution in [2.24, 2.45) is 4.99 Å². The Balaban J connectivity index is 0.00000625. The summed E-state index contributed by atoms with van der Waals surface area (Å²) in [6.45, 7) is 1.82. The Labute approximate surface area is 170 Å². The van der Waals surface area contributed by atoms with Gasteiger partial charge in [-0.1, -0.05) is 18.2 Å². The number of para-hydroxylation sites is 1. The van der Waals surface area contributed by atoms with Gasteiger partial charge in [0.25, 0.3) is 0 Å². The fourth-order valence-corrected chi connectivity index (χ4v) is 2.46. The lowest BCUT2D eigenvalue weighted by atomic mass is 10.2. The number of guanidine groups is 1. The van der Waals surface area contributed by atoms with Gasteiger partial charge in [0.1, 0.15) is 5.75 Å². The third kappa shape index (κ3) is 10.1. The Kier molecular flexibility index (Phi) is 12.4. The van der Waals surface area contributed by atoms with Crippen molar-refractivity contribution in [1.82, 2.24) is 15.4 Å². The van der Waals surface area contributed by atoms with E-state index in [0.717, 1.165) is 0 Å². The zero-order chi connectivity index (χ0) is 18.7. The smallest absolute Gasteiger partial charge is 0.387 e. The van der Waals surface area contributed by atoms with Crippen LogP contribution in [-0.4, -0.2) is 46.4 Å². The first-order chi connectivity index (χ1) is 11.9. The van der Waals surface area contributed by atoms with Crippen LogP contribution in [0, 0.1) is 0 Å². The van der Waals surface area contributed by atoms with E-state index in [0.29, 0.717) is 24.6 Å². The van der Waals surface area contributed by atoms with Crippen molar-refractivity contribution >= 4 is 40.0 Å². The summed E-state index contributed by atoms with van der Waals surface area (Å²) in [5.74, 6) is 0.542. The van der Waals surface area contributed by atoms with Gasteiger partial charge in [-0.15, -0.1) is 24.0 Å². The second kappa shape index (κ2) is 13.0. The zero-order valence-electron chi connectivity index (χ0n) is 14.7. The molecule has 0 radical (unpaired) electrons. The lowest BCUT2D eigenvalue weighted by molar-refractivity contribution is -0.0504. The molecule has 0 bridgehead atoms. The third-order valence-corrected chi connectivity index (χ3v) is 4.46. The molecule has 0 aliphatic carbocycles. The quantitative estimate of drug-likeness (QED) is 0.195. The summed E-state index contributed by atoms with van der Waals surface area (Å²) >= 11 is 0. The average Bonchev–Trinajstić information content (AvgIpc) is 2.57. The van der Waals surface area contributed by atoms with Crippen molar-refractivity contribution in [1.29, 1.82) is 0 Å². The maximum absolute atomic E-state index is 12.4. The van der Waals surface area contributed by atoms with E-state index in [1.165, 1.54) is 6.07 Å². The number of aliphatic imine (C=N–C) groups is 1. The van der Waals surface area contributed by atoms with Crippen LogP contribution < -0.4 is 20.1 Å². The Morgan fingerprint density at radius 1 is 1.19 bits per heavy atom. The number of alkyl halides is 2. The predicted octanol–water partition coefficient (Wildman–Crippen LogP) is 1.90. The number of sulfonamides is 1. The van der Waals surface area contributed by atoms with Crippen LogP contribution in [0.25, 0.3) is 0 Å². The van der Waals surface area contributed by atoms with Gasteiger partial charge in [-0.25, -0.2) is 18.1 Å². The molecule has 150 valence electrons. The minimum Gasteiger partial charge on any atom is -0.434 e. The van der Waals surface area contributed by atoms with Crippen molar-refractivity contribution in [3.05, 3.63) is 29.8 Å². The highest BCUT2D eigenvalue weighted by Crippen LogP contribution is 2.20. The Morgan fingerprint density at radius 3 is 2.50 bits per heavy atom. The van der Waals surface area contributed by atoms with E-state index in [2.05, 4.69) is 25.1 Å². The highest BCUT2D eigenvalue weighted by molar-refractivity contribution is 14.0. The SMILES string of the molecule is CCNC(=NCc1ccccc1OC(F)F)NCCNS(=O)(=O)CC.I. The second-order valence-electron chi connectivity index (χ2n) is 4.91. The average molecular weight is 506 g/mol. The molecule has 0 aliphatic heterocycles. The fraction of sp³-hybridized carbons (Fsp3) is 0.533. The standard InChI is InChI=1S/C15H24F2N4O3S.HI/c1-3-18-15(19-9-10-21-25(22,23)4-2)20-11-12-7-5-6-8-13(12)24-14(16)17;/h5-8,14,21H,3-4,9-11H2,1-2H3,(H2,18,19,20);1H. The fourth-order valence-electron chi connectivity index (χ4n) is 1.84. The topological polar surface area (TPSA) is 91.8 Å². The molecule has 0 aromatic heterocycles. The monoisotopic (exact) mass is 506 g/mol. The summed E-state index contributed by atoms with van der Waals surface area (Å²) in [5, 5.41) is 5.97. The maximum Gasteiger partial charge on any atom is 0.387 e. The molecular weight excluding hydrogens is 481 g/mol. The summed E-state index contributed by atoms with van der Waals surface area (Å²) in [6, 6.07) is 6.42. The molecule has 0 spiro atoms. The van der Waals surface area contributed by atoms with E-state index < -0.39 is 16.6 Å². The zero-order valence-corrected chi connectivity index (χ0v) is 17.8. The molecule has 7 nitrogen and oxygen atoms in total. The molecule has 0 unspecified atom stereocenters. The molecule has 11 heteroatoms. The van der Waals surface area contributed by atoms with Gasteiger partial charge in [0, 0.05) is 25.2 Å². The molecule has 0 aliphatic rings. The molecule has 0 heterocycles. The van der Waals surface area contributed by atoms with Gasteiger partial charge < -0.3 is 15.4 Å². The molecular formula is C15H25F2IN4O3S. The number of rotatable bonds is 10. The summed E-state index contributed by atoms with van der Waals surface area (Å²) in [5.41, 5.74) is 0.520. The number of halogens is 3. The number of hydrogen-bond donors (Lipinski definition) is 3. The van der Waals surface area contributed by atoms with Gasteiger partial charge in [-0.2, -0.15) is 8.78 Å². The summed E-state index contributed by atoms with van der Waals surface area (Å²) in [4.78, 5) is 4.30. The highest BCUT2D eigenvalue weighted by atomic mass is 127. The molecule has 3 N–H and O–H groups in total. The molecule has 0 saturated heterocycles. The first kappa shape index (κ1) is 24.8. The lowest BCUT2D eigenvalue weighted by Crippen LogP contribution is -2.41. The van der Waals surface area contributed by atoms with Gasteiger partial charge in [0.15, 0.2) is 5.96 Å². The summed E-state index contributed by atoms with van der Waals surface area (Å²) < 4.78 is 54.4. The minimum absolute atomic E-state index is 0. The van der Waals surface area contributed by atoms with E-state index in [9.17, 15) is 17.2 Å². The van der Waals surface area contributed by atoms with Gasteiger partial charge >= 0.3 is 6.61 Å². The van der Waals surface area contributed by atoms with E-state index >= 15 is 0 Å². The molecule has 0 saturated carbocycles. The van der Waals surface area contributed by atoms with Crippen molar-refractivity contribution < 1.29 is 21.9 Å². The van der Waals surface area contributed by atoms with Crippen LogP contribution in [0.1, 0.15) is 19.4 Å². The third-order valence-electron chi connectivity index (χ3n) is 3.06. The minimum atomic E-state index is -3.24. The van der Waals surface area contributed by atoms with Gasteiger partial charge in [0.2, 0.25) is 10.0 Å². The van der Waals surface area contributed by atoms with Crippen molar-refractivity contribution in [3.8, 4) is 5.75 Å². The van der Waals surface area contributed by atoms with Crippen LogP contribution >= 0.6 is 24.0 Å². The molecule has 0 fully saturated rings. The van der Waals surface area contributed by atoms with Crippen LogP contribution in [-0.2, 0) is 16.6 Å². The molecule has 1 aromatic carbocycles. The number of nitrogens with one attached hydrogen (secondary N) is 3. The van der Waals surface area contributed by atoms with Crippen LogP contribution in [0.15, 0.2) is 29.3 Å². The molecule has 0 atom stereocenters. The first-order valence-electron chi connectivity index (χ1n) is 7.90. The van der Waals surface area contributed by atoms with E-state index in [1.54, 1.807) is 25.1 Å². The highest BCUT2D eigenvalue weighted by Gasteiger charge is 2.09. The van der Waals surface area contributed by atoms with Crippen LogP contribution in [0.2, 0.25) is 0 Å². The van der Waals surface area contributed by atoms with Crippen molar-refractivity contribution in [2.75, 3.05) is 25.4 Å². The number of benzene rings is 1. The summed E-state index contributed by atoms with van der Waals surface area (Å²) in [6.07, 6.45) is 0. The van der Waals surface area contributed by atoms with Gasteiger partial charge in [-0.05, 0) is 19.9 Å². The lowest BCUT2D eigenvalue weighted by Gasteiger charge is -2.13. The Bertz CT molecular complexity index is 660. The number of ether oxygens (including phenoxy) is 1. The molecule has 1 rings (SSSR count). The maximum atomic E-state index is 12.4. The predicted molar refractivity (Wildman–Crippen MR) is 109 cm³/mol. The second-order valence-corrected chi connectivity index (χ2v) is 7.00. The Morgan fingerprint density at radius 2 is 1.88 bits per heavy atom. The van der Waals surface area contributed by atoms with E-state index in [4.69, 9.17) is 0 Å². The molecule has 0 amide bonds. The number of hydrogen-bond acceptors (Lipinski definition) is 4. The summed E-state index contributed by atoms with van der Waals surface area (Å²) in [7, 11) is -3.24. The van der Waals surface area contributed by atoms with E-state index in [1.807, 2.05) is 6.92 Å². The normalized spacial score (nSPS) is 11.8. The van der Waals surface area contributed by atoms with Gasteiger partial charge in [0.05, 0.1) is 12.3 Å². The number of nitrogens with zero attached hydrogens (tertiary/aromatic N) is 1. The van der Waals surface area contributed by atoms with Crippen LogP contribution in [0.4, 0.5) is 8.78 Å². The Hall–Kier alpha value is -1.21. The van der Waals surface area contributed by atoms with Crippen LogP contribution in [0.3, 0.4) is 0 Å². The molecule has 26 heavy (non-hydrogen) atoms. The first-order valence-corrected chi connectivity index (χ1v) is 9.55.